The fourth-order valence-corrected chi connectivity index (χ4v) is 4.02. The maximum atomic E-state index is 13.4. The van der Waals surface area contributed by atoms with E-state index in [0.29, 0.717) is 11.4 Å². The van der Waals surface area contributed by atoms with Gasteiger partial charge in [0, 0.05) is 30.0 Å². The Hall–Kier alpha value is -3.56. The van der Waals surface area contributed by atoms with Gasteiger partial charge in [-0.05, 0) is 32.0 Å². The molecule has 0 radical (unpaired) electrons. The number of aliphatic hydroxyl groups is 2. The van der Waals surface area contributed by atoms with Gasteiger partial charge >= 0.3 is 0 Å². The second-order valence-electron chi connectivity index (χ2n) is 7.52. The summed E-state index contributed by atoms with van der Waals surface area (Å²) in [6, 6.07) is 8.68. The smallest absolute Gasteiger partial charge is 0.258 e. The predicted octanol–water partition coefficient (Wildman–Crippen LogP) is 0.908. The van der Waals surface area contributed by atoms with Gasteiger partial charge in [0.15, 0.2) is 0 Å². The van der Waals surface area contributed by atoms with Crippen molar-refractivity contribution in [1.29, 1.82) is 0 Å². The molecule has 0 unspecified atom stereocenters. The van der Waals surface area contributed by atoms with E-state index in [-0.39, 0.29) is 48.7 Å². The van der Waals surface area contributed by atoms with Crippen LogP contribution in [0.25, 0.3) is 0 Å². The zero-order valence-electron chi connectivity index (χ0n) is 17.8. The zero-order chi connectivity index (χ0) is 23.6. The number of hydrogen-bond donors (Lipinski definition) is 5. The van der Waals surface area contributed by atoms with E-state index in [1.165, 1.54) is 33.4 Å². The molecule has 1 aromatic carbocycles. The molecule has 0 aliphatic heterocycles. The summed E-state index contributed by atoms with van der Waals surface area (Å²) in [6.07, 6.45) is 0. The van der Waals surface area contributed by atoms with Crippen molar-refractivity contribution >= 4 is 0 Å². The van der Waals surface area contributed by atoms with Gasteiger partial charge in [-0.25, -0.2) is 0 Å². The van der Waals surface area contributed by atoms with Gasteiger partial charge in [0.2, 0.25) is 0 Å². The second-order valence-corrected chi connectivity index (χ2v) is 7.52. The van der Waals surface area contributed by atoms with E-state index in [1.54, 1.807) is 26.0 Å². The highest BCUT2D eigenvalue weighted by molar-refractivity contribution is 5.55. The van der Waals surface area contributed by atoms with Crippen LogP contribution in [0.5, 0.6) is 17.2 Å². The Bertz CT molecular complexity index is 1180. The number of aryl methyl sites for hydroxylation is 2. The average molecular weight is 442 g/mol. The number of aliphatic hydroxyl groups excluding tert-OH is 2. The molecule has 0 saturated heterocycles. The van der Waals surface area contributed by atoms with Crippen molar-refractivity contribution in [1.82, 2.24) is 9.13 Å². The molecule has 0 amide bonds. The van der Waals surface area contributed by atoms with Gasteiger partial charge in [-0.1, -0.05) is 18.2 Å². The number of phenols is 1. The van der Waals surface area contributed by atoms with Crippen LogP contribution in [0.15, 0.2) is 46.0 Å². The van der Waals surface area contributed by atoms with Crippen molar-refractivity contribution in [2.75, 3.05) is 13.2 Å². The van der Waals surface area contributed by atoms with Crippen LogP contribution in [0.4, 0.5) is 0 Å². The van der Waals surface area contributed by atoms with Crippen LogP contribution in [0.1, 0.15) is 34.0 Å². The summed E-state index contributed by atoms with van der Waals surface area (Å²) in [6.45, 7) is 2.44. The van der Waals surface area contributed by atoms with Crippen molar-refractivity contribution in [2.45, 2.75) is 32.9 Å². The molecule has 0 spiro atoms. The standard InChI is InChI=1S/C23H26N2O7/c1-13-11-17(29)20(22(31)24(13)7-9-26)19(15-5-3-4-6-16(15)28)21-18(30)12-14(2)25(8-10-27)23(21)32/h3-6,11-12,19,26-30H,7-10H2,1-2H3. The van der Waals surface area contributed by atoms with Crippen molar-refractivity contribution in [3.63, 3.8) is 0 Å². The molecule has 170 valence electrons. The third-order valence-corrected chi connectivity index (χ3v) is 5.52. The van der Waals surface area contributed by atoms with Gasteiger partial charge in [0.25, 0.3) is 11.1 Å². The maximum absolute atomic E-state index is 13.4. The van der Waals surface area contributed by atoms with Crippen LogP contribution in [0.2, 0.25) is 0 Å². The third-order valence-electron chi connectivity index (χ3n) is 5.52. The highest BCUT2D eigenvalue weighted by atomic mass is 16.3. The summed E-state index contributed by atoms with van der Waals surface area (Å²) in [4.78, 5) is 26.8. The molecule has 2 heterocycles. The lowest BCUT2D eigenvalue weighted by Crippen LogP contribution is -2.33. The van der Waals surface area contributed by atoms with Gasteiger partial charge in [-0.2, -0.15) is 0 Å². The van der Waals surface area contributed by atoms with Gasteiger partial charge in [-0.15, -0.1) is 0 Å². The van der Waals surface area contributed by atoms with Crippen molar-refractivity contribution in [2.24, 2.45) is 0 Å². The first-order valence-corrected chi connectivity index (χ1v) is 10.1. The number of pyridine rings is 2. The Morgan fingerprint density at radius 2 is 1.19 bits per heavy atom. The number of benzene rings is 1. The van der Waals surface area contributed by atoms with Gasteiger partial charge < -0.3 is 34.7 Å². The Balaban J connectivity index is 2.47. The lowest BCUT2D eigenvalue weighted by atomic mass is 9.84. The molecule has 3 aromatic rings. The van der Waals surface area contributed by atoms with Crippen molar-refractivity contribution in [3.05, 3.63) is 85.2 Å². The van der Waals surface area contributed by atoms with E-state index in [2.05, 4.69) is 0 Å². The topological polar surface area (TPSA) is 145 Å². The van der Waals surface area contributed by atoms with Crippen molar-refractivity contribution < 1.29 is 25.5 Å². The molecule has 0 aliphatic carbocycles. The minimum absolute atomic E-state index is 0.0416. The van der Waals surface area contributed by atoms with Crippen LogP contribution >= 0.6 is 0 Å². The van der Waals surface area contributed by atoms with Crippen LogP contribution in [-0.2, 0) is 13.1 Å². The number of rotatable bonds is 7. The van der Waals surface area contributed by atoms with Gasteiger partial charge in [0.1, 0.15) is 17.2 Å². The summed E-state index contributed by atoms with van der Waals surface area (Å²) in [5.41, 5.74) is -0.865. The Morgan fingerprint density at radius 3 is 1.59 bits per heavy atom. The summed E-state index contributed by atoms with van der Waals surface area (Å²) in [5, 5.41) is 50.9. The number of para-hydroxylation sites is 1. The predicted molar refractivity (Wildman–Crippen MR) is 117 cm³/mol. The van der Waals surface area contributed by atoms with E-state index in [4.69, 9.17) is 0 Å². The number of phenolic OH excluding ortho intramolecular Hbond substituents is 1. The van der Waals surface area contributed by atoms with E-state index in [1.807, 2.05) is 0 Å². The highest BCUT2D eigenvalue weighted by Crippen LogP contribution is 2.40. The quantitative estimate of drug-likeness (QED) is 0.366. The number of hydrogen-bond acceptors (Lipinski definition) is 7. The zero-order valence-corrected chi connectivity index (χ0v) is 17.8. The van der Waals surface area contributed by atoms with Crippen LogP contribution in [-0.4, -0.2) is 47.9 Å². The van der Waals surface area contributed by atoms with E-state index < -0.39 is 28.5 Å². The molecular weight excluding hydrogens is 416 g/mol. The minimum Gasteiger partial charge on any atom is -0.508 e. The number of aromatic nitrogens is 2. The summed E-state index contributed by atoms with van der Waals surface area (Å²) < 4.78 is 2.50. The second kappa shape index (κ2) is 9.29. The summed E-state index contributed by atoms with van der Waals surface area (Å²) >= 11 is 0. The molecule has 0 saturated carbocycles. The SMILES string of the molecule is Cc1cc(O)c(C(c2ccccc2O)c2c(O)cc(C)n(CCO)c2=O)c(=O)n1CCO. The number of aromatic hydroxyl groups is 3. The van der Waals surface area contributed by atoms with Gasteiger partial charge in [-0.3, -0.25) is 9.59 Å². The first-order valence-electron chi connectivity index (χ1n) is 10.1. The molecule has 2 aromatic heterocycles. The number of nitrogens with zero attached hydrogens (tertiary/aromatic N) is 2. The largest absolute Gasteiger partial charge is 0.508 e. The lowest BCUT2D eigenvalue weighted by Gasteiger charge is -2.23. The van der Waals surface area contributed by atoms with E-state index in [0.717, 1.165) is 0 Å². The molecular formula is C23H26N2O7. The third kappa shape index (κ3) is 4.00. The molecule has 32 heavy (non-hydrogen) atoms. The fraction of sp³-hybridized carbons (Fsp3) is 0.304. The molecule has 9 nitrogen and oxygen atoms in total. The van der Waals surface area contributed by atoms with Crippen molar-refractivity contribution in [3.8, 4) is 17.2 Å². The molecule has 9 heteroatoms. The van der Waals surface area contributed by atoms with E-state index in [9.17, 15) is 35.1 Å². The minimum atomic E-state index is -1.31. The summed E-state index contributed by atoms with van der Waals surface area (Å²) in [5.74, 6) is -2.38. The summed E-state index contributed by atoms with van der Waals surface area (Å²) in [7, 11) is 0. The Kier molecular flexibility index (Phi) is 6.71. The van der Waals surface area contributed by atoms with Crippen LogP contribution in [0.3, 0.4) is 0 Å². The molecule has 5 N–H and O–H groups in total. The molecule has 0 atom stereocenters. The lowest BCUT2D eigenvalue weighted by molar-refractivity contribution is 0.272. The van der Waals surface area contributed by atoms with Crippen LogP contribution < -0.4 is 11.1 Å². The molecule has 0 fully saturated rings. The Labute approximate surface area is 183 Å². The maximum Gasteiger partial charge on any atom is 0.258 e. The fourth-order valence-electron chi connectivity index (χ4n) is 4.02. The molecule has 0 aliphatic rings. The Morgan fingerprint density at radius 1 is 0.750 bits per heavy atom. The average Bonchev–Trinajstić information content (AvgIpc) is 2.73. The molecule has 3 rings (SSSR count). The first kappa shape index (κ1) is 23.1. The monoisotopic (exact) mass is 442 g/mol. The normalized spacial score (nSPS) is 11.3. The van der Waals surface area contributed by atoms with E-state index >= 15 is 0 Å². The van der Waals surface area contributed by atoms with Crippen LogP contribution in [0, 0.1) is 13.8 Å². The highest BCUT2D eigenvalue weighted by Gasteiger charge is 2.32. The molecule has 0 bridgehead atoms. The first-order chi connectivity index (χ1) is 15.2. The van der Waals surface area contributed by atoms with Gasteiger partial charge in [0.05, 0.1) is 30.3 Å².